The van der Waals surface area contributed by atoms with Crippen LogP contribution in [-0.2, 0) is 4.79 Å². The smallest absolute Gasteiger partial charge is 0.311 e. The third kappa shape index (κ3) is 3.51. The summed E-state index contributed by atoms with van der Waals surface area (Å²) in [6, 6.07) is 2.69. The lowest BCUT2D eigenvalue weighted by atomic mass is 9.71. The second-order valence-electron chi connectivity index (χ2n) is 5.89. The van der Waals surface area contributed by atoms with E-state index in [1.807, 2.05) is 0 Å². The van der Waals surface area contributed by atoms with Crippen LogP contribution >= 0.6 is 0 Å². The maximum Gasteiger partial charge on any atom is 0.311 e. The number of H-pyrrole nitrogens is 1. The van der Waals surface area contributed by atoms with Crippen LogP contribution in [0.1, 0.15) is 43.0 Å². The van der Waals surface area contributed by atoms with Gasteiger partial charge in [0.15, 0.2) is 0 Å². The molecule has 1 amide bonds. The van der Waals surface area contributed by atoms with Crippen LogP contribution in [-0.4, -0.2) is 28.5 Å². The molecule has 1 aromatic heterocycles. The maximum absolute atomic E-state index is 12.0. The van der Waals surface area contributed by atoms with Crippen molar-refractivity contribution in [2.24, 2.45) is 11.3 Å². The number of aromatic amines is 1. The van der Waals surface area contributed by atoms with Crippen molar-refractivity contribution in [3.05, 3.63) is 34.2 Å². The van der Waals surface area contributed by atoms with Crippen molar-refractivity contribution in [1.82, 2.24) is 10.3 Å². The number of carboxylic acid groups (broad SMARTS) is 1. The molecule has 2 rings (SSSR count). The zero-order valence-electron chi connectivity index (χ0n) is 12.0. The molecule has 1 saturated carbocycles. The molecule has 0 atom stereocenters. The Morgan fingerprint density at radius 3 is 2.67 bits per heavy atom. The summed E-state index contributed by atoms with van der Waals surface area (Å²) in [5.41, 5.74) is -1.01. The van der Waals surface area contributed by atoms with Crippen molar-refractivity contribution in [1.29, 1.82) is 0 Å². The Balaban J connectivity index is 2.04. The quantitative estimate of drug-likeness (QED) is 0.780. The number of pyridine rings is 1. The molecule has 0 aromatic carbocycles. The summed E-state index contributed by atoms with van der Waals surface area (Å²) in [5.74, 6) is -0.748. The molecule has 6 nitrogen and oxygen atoms in total. The number of aliphatic carboxylic acids is 1. The van der Waals surface area contributed by atoms with Crippen molar-refractivity contribution in [3.8, 4) is 0 Å². The van der Waals surface area contributed by atoms with Gasteiger partial charge in [0.1, 0.15) is 0 Å². The van der Waals surface area contributed by atoms with E-state index in [1.165, 1.54) is 18.3 Å². The first-order chi connectivity index (χ1) is 9.93. The largest absolute Gasteiger partial charge is 0.481 e. The SMILES string of the molecule is CC1CCC(CNC(=O)c2cc[nH]c(=O)c2)(C(=O)O)CC1. The number of carboxylic acids is 1. The molecule has 1 heterocycles. The number of nitrogens with one attached hydrogen (secondary N) is 2. The minimum atomic E-state index is -0.886. The fourth-order valence-corrected chi connectivity index (χ4v) is 2.72. The third-order valence-corrected chi connectivity index (χ3v) is 4.31. The van der Waals surface area contributed by atoms with Gasteiger partial charge in [-0.3, -0.25) is 14.4 Å². The molecular formula is C15H20N2O4. The van der Waals surface area contributed by atoms with Gasteiger partial charge in [0.25, 0.3) is 5.91 Å². The third-order valence-electron chi connectivity index (χ3n) is 4.31. The summed E-state index contributed by atoms with van der Waals surface area (Å²) >= 11 is 0. The lowest BCUT2D eigenvalue weighted by Gasteiger charge is -2.35. The Labute approximate surface area is 122 Å². The molecule has 3 N–H and O–H groups in total. The van der Waals surface area contributed by atoms with Crippen LogP contribution in [0.3, 0.4) is 0 Å². The first-order valence-corrected chi connectivity index (χ1v) is 7.13. The van der Waals surface area contributed by atoms with Crippen LogP contribution in [0.25, 0.3) is 0 Å². The van der Waals surface area contributed by atoms with Gasteiger partial charge < -0.3 is 15.4 Å². The number of rotatable bonds is 4. The highest BCUT2D eigenvalue weighted by atomic mass is 16.4. The second-order valence-corrected chi connectivity index (χ2v) is 5.89. The minimum absolute atomic E-state index is 0.0979. The average molecular weight is 292 g/mol. The molecule has 0 unspecified atom stereocenters. The van der Waals surface area contributed by atoms with E-state index in [9.17, 15) is 19.5 Å². The van der Waals surface area contributed by atoms with Gasteiger partial charge in [0.2, 0.25) is 5.56 Å². The first kappa shape index (κ1) is 15.3. The second kappa shape index (κ2) is 6.11. The standard InChI is InChI=1S/C15H20N2O4/c1-10-2-5-15(6-3-10,14(20)21)9-17-13(19)11-4-7-16-12(18)8-11/h4,7-8,10H,2-3,5-6,9H2,1H3,(H,16,18)(H,17,19)(H,20,21). The number of amides is 1. The van der Waals surface area contributed by atoms with Gasteiger partial charge in [-0.1, -0.05) is 6.92 Å². The van der Waals surface area contributed by atoms with Crippen LogP contribution < -0.4 is 10.9 Å². The first-order valence-electron chi connectivity index (χ1n) is 7.13. The molecule has 21 heavy (non-hydrogen) atoms. The topological polar surface area (TPSA) is 99.3 Å². The Bertz CT molecular complexity index is 585. The fraction of sp³-hybridized carbons (Fsp3) is 0.533. The molecule has 0 saturated heterocycles. The average Bonchev–Trinajstić information content (AvgIpc) is 2.46. The molecule has 1 aromatic rings. The van der Waals surface area contributed by atoms with Gasteiger partial charge in [0, 0.05) is 24.4 Å². The molecule has 1 fully saturated rings. The molecule has 0 radical (unpaired) electrons. The van der Waals surface area contributed by atoms with Gasteiger partial charge in [-0.15, -0.1) is 0 Å². The van der Waals surface area contributed by atoms with Crippen LogP contribution in [0.2, 0.25) is 0 Å². The number of carbonyl (C=O) groups is 2. The van der Waals surface area contributed by atoms with E-state index in [-0.39, 0.29) is 17.7 Å². The molecule has 114 valence electrons. The highest BCUT2D eigenvalue weighted by Gasteiger charge is 2.41. The molecule has 1 aliphatic carbocycles. The maximum atomic E-state index is 12.0. The van der Waals surface area contributed by atoms with Crippen molar-refractivity contribution >= 4 is 11.9 Å². The van der Waals surface area contributed by atoms with Crippen molar-refractivity contribution in [2.75, 3.05) is 6.54 Å². The lowest BCUT2D eigenvalue weighted by Crippen LogP contribution is -2.45. The highest BCUT2D eigenvalue weighted by Crippen LogP contribution is 2.38. The van der Waals surface area contributed by atoms with Crippen molar-refractivity contribution in [3.63, 3.8) is 0 Å². The van der Waals surface area contributed by atoms with Crippen molar-refractivity contribution in [2.45, 2.75) is 32.6 Å². The monoisotopic (exact) mass is 292 g/mol. The van der Waals surface area contributed by atoms with Crippen LogP contribution in [0.5, 0.6) is 0 Å². The molecule has 0 aliphatic heterocycles. The van der Waals surface area contributed by atoms with Crippen LogP contribution in [0.4, 0.5) is 0 Å². The number of carbonyl (C=O) groups excluding carboxylic acids is 1. The molecule has 1 aliphatic rings. The van der Waals surface area contributed by atoms with E-state index >= 15 is 0 Å². The Morgan fingerprint density at radius 2 is 2.10 bits per heavy atom. The van der Waals surface area contributed by atoms with Gasteiger partial charge in [-0.2, -0.15) is 0 Å². The summed E-state index contributed by atoms with van der Waals surface area (Å²) in [6.07, 6.45) is 4.24. The Kier molecular flexibility index (Phi) is 4.45. The number of hydrogen-bond donors (Lipinski definition) is 3. The molecule has 0 bridgehead atoms. The van der Waals surface area contributed by atoms with E-state index in [1.54, 1.807) is 0 Å². The van der Waals surface area contributed by atoms with E-state index in [0.29, 0.717) is 18.8 Å². The summed E-state index contributed by atoms with van der Waals surface area (Å²) in [6.45, 7) is 2.21. The summed E-state index contributed by atoms with van der Waals surface area (Å²) in [4.78, 5) is 37.2. The number of hydrogen-bond acceptors (Lipinski definition) is 3. The zero-order chi connectivity index (χ0) is 15.5. The number of aromatic nitrogens is 1. The fourth-order valence-electron chi connectivity index (χ4n) is 2.72. The zero-order valence-corrected chi connectivity index (χ0v) is 12.0. The van der Waals surface area contributed by atoms with Crippen LogP contribution in [0.15, 0.2) is 23.1 Å². The van der Waals surface area contributed by atoms with Gasteiger partial charge in [-0.25, -0.2) is 0 Å². The Morgan fingerprint density at radius 1 is 1.43 bits per heavy atom. The lowest BCUT2D eigenvalue weighted by molar-refractivity contribution is -0.151. The van der Waals surface area contributed by atoms with E-state index < -0.39 is 17.3 Å². The predicted octanol–water partition coefficient (Wildman–Crippen LogP) is 1.39. The molecular weight excluding hydrogens is 272 g/mol. The van der Waals surface area contributed by atoms with Gasteiger partial charge >= 0.3 is 5.97 Å². The van der Waals surface area contributed by atoms with Gasteiger partial charge in [-0.05, 0) is 37.7 Å². The Hall–Kier alpha value is -2.11. The summed E-state index contributed by atoms with van der Waals surface area (Å²) in [7, 11) is 0. The highest BCUT2D eigenvalue weighted by molar-refractivity contribution is 5.94. The summed E-state index contributed by atoms with van der Waals surface area (Å²) in [5, 5.41) is 12.2. The van der Waals surface area contributed by atoms with E-state index in [0.717, 1.165) is 12.8 Å². The van der Waals surface area contributed by atoms with Gasteiger partial charge in [0.05, 0.1) is 5.41 Å². The molecule has 6 heteroatoms. The predicted molar refractivity (Wildman–Crippen MR) is 77.1 cm³/mol. The van der Waals surface area contributed by atoms with E-state index in [2.05, 4.69) is 17.2 Å². The van der Waals surface area contributed by atoms with E-state index in [4.69, 9.17) is 0 Å². The minimum Gasteiger partial charge on any atom is -0.481 e. The van der Waals surface area contributed by atoms with Crippen LogP contribution in [0, 0.1) is 11.3 Å². The van der Waals surface area contributed by atoms with Crippen molar-refractivity contribution < 1.29 is 14.7 Å². The summed E-state index contributed by atoms with van der Waals surface area (Å²) < 4.78 is 0. The molecule has 0 spiro atoms. The normalized spacial score (nSPS) is 25.3.